The minimum absolute atomic E-state index is 0.00984. The largest absolute Gasteiger partial charge is 0.483 e. The van der Waals surface area contributed by atoms with Crippen molar-refractivity contribution in [2.24, 2.45) is 17.8 Å². The Labute approximate surface area is 217 Å². The average molecular weight is 513 g/mol. The van der Waals surface area contributed by atoms with Gasteiger partial charge in [-0.1, -0.05) is 37.3 Å². The summed E-state index contributed by atoms with van der Waals surface area (Å²) in [6, 6.07) is 6.07. The summed E-state index contributed by atoms with van der Waals surface area (Å²) >= 11 is 0. The summed E-state index contributed by atoms with van der Waals surface area (Å²) in [6.45, 7) is 5.42. The molecular formula is C31H35F3O3. The molecule has 4 atom stereocenters. The highest BCUT2D eigenvalue weighted by molar-refractivity contribution is 5.91. The highest BCUT2D eigenvalue weighted by Crippen LogP contribution is 2.48. The Morgan fingerprint density at radius 1 is 1.00 bits per heavy atom. The molecule has 2 aromatic rings. The molecule has 2 aromatic carbocycles. The van der Waals surface area contributed by atoms with Gasteiger partial charge in [-0.25, -0.2) is 18.0 Å². The summed E-state index contributed by atoms with van der Waals surface area (Å²) in [4.78, 5) is 12.6. The topological polar surface area (TPSA) is 35.5 Å². The number of ether oxygens (including phenoxy) is 2. The van der Waals surface area contributed by atoms with Crippen molar-refractivity contribution < 1.29 is 27.4 Å². The molecule has 2 saturated carbocycles. The van der Waals surface area contributed by atoms with E-state index in [-0.39, 0.29) is 23.8 Å². The lowest BCUT2D eigenvalue weighted by atomic mass is 9.63. The summed E-state index contributed by atoms with van der Waals surface area (Å²) in [6.07, 6.45) is 14.9. The van der Waals surface area contributed by atoms with Gasteiger partial charge >= 0.3 is 5.97 Å². The Hall–Kier alpha value is -3.02. The van der Waals surface area contributed by atoms with Crippen molar-refractivity contribution in [2.45, 2.75) is 64.2 Å². The monoisotopic (exact) mass is 512 g/mol. The number of halogens is 3. The molecule has 6 heteroatoms. The van der Waals surface area contributed by atoms with Crippen molar-refractivity contribution in [3.63, 3.8) is 0 Å². The molecule has 2 fully saturated rings. The maximum atomic E-state index is 15.1. The Bertz CT molecular complexity index is 1120. The molecule has 198 valence electrons. The maximum Gasteiger partial charge on any atom is 0.343 e. The van der Waals surface area contributed by atoms with Crippen LogP contribution in [-0.2, 0) is 0 Å². The van der Waals surface area contributed by atoms with Gasteiger partial charge in [-0.3, -0.25) is 0 Å². The number of fused-ring (bicyclic) bond motifs is 1. The van der Waals surface area contributed by atoms with E-state index >= 15 is 4.39 Å². The first-order chi connectivity index (χ1) is 17.9. The first-order valence-corrected chi connectivity index (χ1v) is 13.2. The molecule has 0 amide bonds. The van der Waals surface area contributed by atoms with Crippen LogP contribution in [0.15, 0.2) is 55.1 Å². The number of rotatable bonds is 9. The van der Waals surface area contributed by atoms with E-state index in [4.69, 9.17) is 9.47 Å². The SMILES string of the molecule is C=CCOc1c(F)cc(OC(=O)c2ccc(C3CCC4CC(CC/C=C/C)CCC4C3)c(F)c2)cc1F. The molecule has 2 aliphatic carbocycles. The molecule has 0 aliphatic heterocycles. The number of carbonyl (C=O) groups is 1. The van der Waals surface area contributed by atoms with Gasteiger partial charge in [0.05, 0.1) is 5.56 Å². The molecule has 0 N–H and O–H groups in total. The number of carbonyl (C=O) groups excluding carboxylic acids is 1. The molecule has 0 bridgehead atoms. The second kappa shape index (κ2) is 12.5. The molecule has 2 aliphatic rings. The fourth-order valence-corrected chi connectivity index (χ4v) is 6.06. The van der Waals surface area contributed by atoms with Crippen molar-refractivity contribution in [1.29, 1.82) is 0 Å². The van der Waals surface area contributed by atoms with Crippen LogP contribution in [0.5, 0.6) is 11.5 Å². The number of hydrogen-bond donors (Lipinski definition) is 0. The molecule has 0 aromatic heterocycles. The van der Waals surface area contributed by atoms with Gasteiger partial charge in [0.15, 0.2) is 17.4 Å². The van der Waals surface area contributed by atoms with Gasteiger partial charge in [0.25, 0.3) is 0 Å². The van der Waals surface area contributed by atoms with Gasteiger partial charge in [0.1, 0.15) is 18.2 Å². The molecule has 37 heavy (non-hydrogen) atoms. The molecule has 4 unspecified atom stereocenters. The van der Waals surface area contributed by atoms with Crippen molar-refractivity contribution in [1.82, 2.24) is 0 Å². The summed E-state index contributed by atoms with van der Waals surface area (Å²) < 4.78 is 53.5. The highest BCUT2D eigenvalue weighted by atomic mass is 19.1. The van der Waals surface area contributed by atoms with Crippen LogP contribution in [0.2, 0.25) is 0 Å². The predicted molar refractivity (Wildman–Crippen MR) is 138 cm³/mol. The lowest BCUT2D eigenvalue weighted by Crippen LogP contribution is -2.30. The zero-order valence-electron chi connectivity index (χ0n) is 21.4. The Kier molecular flexibility index (Phi) is 9.12. The van der Waals surface area contributed by atoms with Crippen LogP contribution in [0.4, 0.5) is 13.2 Å². The van der Waals surface area contributed by atoms with Crippen LogP contribution in [0, 0.1) is 35.2 Å². The van der Waals surface area contributed by atoms with E-state index in [1.807, 2.05) is 0 Å². The van der Waals surface area contributed by atoms with E-state index in [0.717, 1.165) is 55.7 Å². The number of benzene rings is 2. The molecule has 3 nitrogen and oxygen atoms in total. The quantitative estimate of drug-likeness (QED) is 0.192. The third-order valence-electron chi connectivity index (χ3n) is 7.90. The number of hydrogen-bond acceptors (Lipinski definition) is 3. The highest BCUT2D eigenvalue weighted by Gasteiger charge is 2.36. The predicted octanol–water partition coefficient (Wildman–Crippen LogP) is 8.54. The first-order valence-electron chi connectivity index (χ1n) is 13.2. The first kappa shape index (κ1) is 27.0. The van der Waals surface area contributed by atoms with Crippen molar-refractivity contribution in [2.75, 3.05) is 6.61 Å². The summed E-state index contributed by atoms with van der Waals surface area (Å²) in [5.74, 6) is -1.95. The lowest BCUT2D eigenvalue weighted by molar-refractivity contribution is 0.0733. The Morgan fingerprint density at radius 2 is 1.73 bits per heavy atom. The van der Waals surface area contributed by atoms with Crippen LogP contribution in [0.25, 0.3) is 0 Å². The molecule has 4 rings (SSSR count). The van der Waals surface area contributed by atoms with Gasteiger partial charge < -0.3 is 9.47 Å². The van der Waals surface area contributed by atoms with Gasteiger partial charge in [0, 0.05) is 12.1 Å². The third kappa shape index (κ3) is 6.65. The van der Waals surface area contributed by atoms with Gasteiger partial charge in [-0.05, 0) is 93.2 Å². The molecular weight excluding hydrogens is 477 g/mol. The van der Waals surface area contributed by atoms with E-state index in [2.05, 4.69) is 25.7 Å². The van der Waals surface area contributed by atoms with E-state index < -0.39 is 29.2 Å². The minimum Gasteiger partial charge on any atom is -0.483 e. The lowest BCUT2D eigenvalue weighted by Gasteiger charge is -2.42. The molecule has 0 spiro atoms. The number of allylic oxidation sites excluding steroid dienone is 2. The van der Waals surface area contributed by atoms with E-state index in [1.54, 1.807) is 6.07 Å². The van der Waals surface area contributed by atoms with Crippen LogP contribution < -0.4 is 9.47 Å². The standard InChI is InChI=1S/C31H35F3O3/c1-3-5-6-7-20-8-9-22-16-23(11-10-21(22)15-20)26-13-12-24(17-27(26)32)31(35)37-25-18-28(33)30(29(34)19-25)36-14-4-2/h3-5,12-13,17-23H,2,6-11,14-16H2,1H3/b5-3+. The van der Waals surface area contributed by atoms with Crippen molar-refractivity contribution in [3.05, 3.63) is 83.7 Å². The Morgan fingerprint density at radius 3 is 2.43 bits per heavy atom. The van der Waals surface area contributed by atoms with E-state index in [9.17, 15) is 13.6 Å². The van der Waals surface area contributed by atoms with E-state index in [1.165, 1.54) is 37.8 Å². The fraction of sp³-hybridized carbons (Fsp3) is 0.452. The average Bonchev–Trinajstić information content (AvgIpc) is 2.88. The van der Waals surface area contributed by atoms with Crippen molar-refractivity contribution >= 4 is 5.97 Å². The van der Waals surface area contributed by atoms with Gasteiger partial charge in [-0.15, -0.1) is 0 Å². The van der Waals surface area contributed by atoms with E-state index in [0.29, 0.717) is 11.5 Å². The van der Waals surface area contributed by atoms with Crippen LogP contribution in [0.3, 0.4) is 0 Å². The van der Waals surface area contributed by atoms with Crippen LogP contribution in [-0.4, -0.2) is 12.6 Å². The molecule has 0 radical (unpaired) electrons. The Balaban J connectivity index is 1.37. The van der Waals surface area contributed by atoms with Crippen LogP contribution in [0.1, 0.15) is 80.1 Å². The summed E-state index contributed by atoms with van der Waals surface area (Å²) in [5, 5.41) is 0. The third-order valence-corrected chi connectivity index (χ3v) is 7.90. The van der Waals surface area contributed by atoms with Crippen molar-refractivity contribution in [3.8, 4) is 11.5 Å². The van der Waals surface area contributed by atoms with Gasteiger partial charge in [-0.2, -0.15) is 0 Å². The fourth-order valence-electron chi connectivity index (χ4n) is 6.06. The second-order valence-corrected chi connectivity index (χ2v) is 10.3. The summed E-state index contributed by atoms with van der Waals surface area (Å²) in [5.41, 5.74) is 0.621. The molecule has 0 saturated heterocycles. The second-order valence-electron chi connectivity index (χ2n) is 10.3. The zero-order valence-corrected chi connectivity index (χ0v) is 21.4. The maximum absolute atomic E-state index is 15.1. The number of esters is 1. The van der Waals surface area contributed by atoms with Crippen LogP contribution >= 0.6 is 0 Å². The smallest absolute Gasteiger partial charge is 0.343 e. The zero-order chi connectivity index (χ0) is 26.4. The normalized spacial score (nSPS) is 23.5. The van der Waals surface area contributed by atoms with Gasteiger partial charge in [0.2, 0.25) is 0 Å². The minimum atomic E-state index is -1.01. The summed E-state index contributed by atoms with van der Waals surface area (Å²) in [7, 11) is 0. The molecule has 0 heterocycles.